The molecule has 0 radical (unpaired) electrons. The van der Waals surface area contributed by atoms with Crippen molar-refractivity contribution in [3.8, 4) is 11.1 Å². The zero-order valence-electron chi connectivity index (χ0n) is 32.3. The van der Waals surface area contributed by atoms with E-state index in [-0.39, 0.29) is 5.56 Å². The summed E-state index contributed by atoms with van der Waals surface area (Å²) >= 11 is 0. The topological polar surface area (TPSA) is 303 Å². The molecular weight excluding hydrogens is 786 g/mol. The van der Waals surface area contributed by atoms with E-state index in [0.717, 1.165) is 10.8 Å². The Morgan fingerprint density at radius 2 is 1.25 bits per heavy atom. The summed E-state index contributed by atoms with van der Waals surface area (Å²) in [6.45, 7) is 18.3. The number of phosphoric acid groups is 2. The molecule has 1 aromatic carbocycles. The SMILES string of the molecule is CCN(CC)CC.CCN(CC)CC.O=c1[nH]c(=O)n([C@@H]2O[C@H](COP(=O)(O)OP(=O)(O)O[C@H]3O[C@H](CO)[C@@H](O)[C@H](O)[C@H]3O)[C@@H](O)[C@H]2O)cc1-c1ccccc1. The van der Waals surface area contributed by atoms with Gasteiger partial charge in [-0.15, -0.1) is 0 Å². The van der Waals surface area contributed by atoms with Crippen LogP contribution in [0.25, 0.3) is 11.1 Å². The molecule has 2 saturated heterocycles. The van der Waals surface area contributed by atoms with Crippen molar-refractivity contribution in [2.24, 2.45) is 0 Å². The second kappa shape index (κ2) is 23.4. The lowest BCUT2D eigenvalue weighted by Gasteiger charge is -2.39. The van der Waals surface area contributed by atoms with Crippen molar-refractivity contribution < 1.29 is 72.4 Å². The molecule has 4 rings (SSSR count). The van der Waals surface area contributed by atoms with Crippen molar-refractivity contribution in [3.63, 3.8) is 0 Å². The molecule has 23 heteroatoms. The number of hydrogen-bond acceptors (Lipinski definition) is 17. The quantitative estimate of drug-likeness (QED) is 0.0969. The van der Waals surface area contributed by atoms with Gasteiger partial charge in [0.1, 0.15) is 42.7 Å². The molecule has 2 unspecified atom stereocenters. The summed E-state index contributed by atoms with van der Waals surface area (Å²) in [5.41, 5.74) is -1.32. The smallest absolute Gasteiger partial charge is 0.394 e. The molecule has 0 amide bonds. The summed E-state index contributed by atoms with van der Waals surface area (Å²) in [6, 6.07) is 8.13. The molecular formula is C33H58N4O17P2. The molecule has 3 heterocycles. The molecule has 322 valence electrons. The minimum Gasteiger partial charge on any atom is -0.394 e. The number of nitrogens with zero attached hydrogens (tertiary/aromatic N) is 3. The largest absolute Gasteiger partial charge is 0.483 e. The highest BCUT2D eigenvalue weighted by molar-refractivity contribution is 7.61. The maximum atomic E-state index is 12.5. The number of ether oxygens (including phenoxy) is 2. The number of aliphatic hydroxyl groups is 6. The lowest BCUT2D eigenvalue weighted by molar-refractivity contribution is -0.280. The van der Waals surface area contributed by atoms with Crippen molar-refractivity contribution in [1.29, 1.82) is 0 Å². The van der Waals surface area contributed by atoms with Gasteiger partial charge in [0.05, 0.1) is 18.8 Å². The molecule has 1 aromatic heterocycles. The molecule has 2 fully saturated rings. The van der Waals surface area contributed by atoms with E-state index in [2.05, 4.69) is 69.7 Å². The molecule has 56 heavy (non-hydrogen) atoms. The number of H-pyrrole nitrogens is 1. The summed E-state index contributed by atoms with van der Waals surface area (Å²) in [7, 11) is -11.2. The van der Waals surface area contributed by atoms with E-state index >= 15 is 0 Å². The van der Waals surface area contributed by atoms with Crippen molar-refractivity contribution in [3.05, 3.63) is 57.4 Å². The Morgan fingerprint density at radius 3 is 1.73 bits per heavy atom. The van der Waals surface area contributed by atoms with E-state index in [1.807, 2.05) is 0 Å². The molecule has 9 N–H and O–H groups in total. The van der Waals surface area contributed by atoms with Gasteiger partial charge in [0.2, 0.25) is 0 Å². The van der Waals surface area contributed by atoms with E-state index in [0.29, 0.717) is 5.56 Å². The van der Waals surface area contributed by atoms with Gasteiger partial charge in [0.15, 0.2) is 12.5 Å². The van der Waals surface area contributed by atoms with E-state index in [9.17, 15) is 59.1 Å². The predicted octanol–water partition coefficient (Wildman–Crippen LogP) is -0.430. The molecule has 0 saturated carbocycles. The minimum absolute atomic E-state index is 0.0200. The molecule has 2 aliphatic heterocycles. The van der Waals surface area contributed by atoms with Crippen LogP contribution in [0.15, 0.2) is 46.1 Å². The summed E-state index contributed by atoms with van der Waals surface area (Å²) in [4.78, 5) is 51.4. The van der Waals surface area contributed by atoms with Crippen LogP contribution in [-0.2, 0) is 32.0 Å². The summed E-state index contributed by atoms with van der Waals surface area (Å²) in [5.74, 6) is 0. The molecule has 2 aliphatic rings. The standard InChI is InChI=1S/C21H28N2O17P2.2C6H15N/c24-7-11-13(25)15(27)17(29)20(38-11)39-42(34,35)40-41(32,33)36-8-12-14(26)16(28)19(37-12)23-6-10(18(30)22-21(23)31)9-4-2-1-3-5-9;2*1-4-7(5-2)6-3/h1-6,11-17,19-20,24-29H,7-8H2,(H,32,33)(H,34,35)(H,22,30,31);2*4-6H2,1-3H3/t11-,12-,13-,14-,15+,16-,17-,19-,20-;;/m1../s1. The first-order chi connectivity index (χ1) is 26.3. The third kappa shape index (κ3) is 14.2. The normalized spacial score (nSPS) is 28.5. The summed E-state index contributed by atoms with van der Waals surface area (Å²) in [5, 5.41) is 59.5. The van der Waals surface area contributed by atoms with Gasteiger partial charge in [-0.1, -0.05) is 71.9 Å². The number of hydrogen-bond donors (Lipinski definition) is 9. The van der Waals surface area contributed by atoms with E-state index in [1.54, 1.807) is 30.3 Å². The predicted molar refractivity (Wildman–Crippen MR) is 201 cm³/mol. The number of aliphatic hydroxyl groups excluding tert-OH is 6. The van der Waals surface area contributed by atoms with Gasteiger partial charge in [0.25, 0.3) is 5.56 Å². The zero-order chi connectivity index (χ0) is 42.4. The van der Waals surface area contributed by atoms with Crippen molar-refractivity contribution in [2.45, 2.75) is 96.8 Å². The summed E-state index contributed by atoms with van der Waals surface area (Å²) in [6.07, 6.45) is -15.5. The van der Waals surface area contributed by atoms with Crippen molar-refractivity contribution in [2.75, 3.05) is 52.5 Å². The van der Waals surface area contributed by atoms with E-state index in [1.165, 1.54) is 39.3 Å². The highest BCUT2D eigenvalue weighted by Crippen LogP contribution is 2.61. The Balaban J connectivity index is 0.000000657. The Labute approximate surface area is 324 Å². The number of nitrogens with one attached hydrogen (secondary N) is 1. The van der Waals surface area contributed by atoms with Gasteiger partial charge in [0, 0.05) is 6.20 Å². The van der Waals surface area contributed by atoms with Crippen LogP contribution in [0.3, 0.4) is 0 Å². The number of rotatable bonds is 16. The second-order valence-corrected chi connectivity index (χ2v) is 15.5. The van der Waals surface area contributed by atoms with Gasteiger partial charge in [-0.2, -0.15) is 4.31 Å². The van der Waals surface area contributed by atoms with Crippen LogP contribution in [0.1, 0.15) is 47.8 Å². The fourth-order valence-corrected chi connectivity index (χ4v) is 7.72. The third-order valence-corrected chi connectivity index (χ3v) is 11.6. The zero-order valence-corrected chi connectivity index (χ0v) is 34.1. The number of aromatic nitrogens is 2. The van der Waals surface area contributed by atoms with Crippen LogP contribution in [0.5, 0.6) is 0 Å². The Kier molecular flexibility index (Phi) is 20.8. The first-order valence-corrected chi connectivity index (χ1v) is 21.2. The molecule has 11 atom stereocenters. The van der Waals surface area contributed by atoms with Crippen LogP contribution in [-0.4, -0.2) is 161 Å². The highest BCUT2D eigenvalue weighted by atomic mass is 31.3. The lowest BCUT2D eigenvalue weighted by Crippen LogP contribution is -2.58. The molecule has 0 aliphatic carbocycles. The molecule has 0 spiro atoms. The fraction of sp³-hybridized carbons (Fsp3) is 0.697. The third-order valence-electron chi connectivity index (χ3n) is 9.04. The highest BCUT2D eigenvalue weighted by Gasteiger charge is 2.49. The van der Waals surface area contributed by atoms with Crippen LogP contribution >= 0.6 is 15.6 Å². The number of phosphoric ester groups is 2. The van der Waals surface area contributed by atoms with Gasteiger partial charge in [-0.25, -0.2) is 13.9 Å². The van der Waals surface area contributed by atoms with Gasteiger partial charge < -0.3 is 59.7 Å². The monoisotopic (exact) mass is 844 g/mol. The fourth-order valence-electron chi connectivity index (χ4n) is 5.56. The lowest BCUT2D eigenvalue weighted by atomic mass is 10.00. The first kappa shape index (κ1) is 49.9. The van der Waals surface area contributed by atoms with Gasteiger partial charge >= 0.3 is 21.3 Å². The van der Waals surface area contributed by atoms with E-state index in [4.69, 9.17) is 9.47 Å². The van der Waals surface area contributed by atoms with Crippen LogP contribution in [0.4, 0.5) is 0 Å². The van der Waals surface area contributed by atoms with Crippen LogP contribution in [0.2, 0.25) is 0 Å². The van der Waals surface area contributed by atoms with Gasteiger partial charge in [-0.3, -0.25) is 23.4 Å². The Bertz CT molecular complexity index is 1640. The molecule has 21 nitrogen and oxygen atoms in total. The molecule has 2 aromatic rings. The van der Waals surface area contributed by atoms with Crippen LogP contribution in [0, 0.1) is 0 Å². The average Bonchev–Trinajstić information content (AvgIpc) is 3.45. The second-order valence-electron chi connectivity index (χ2n) is 12.5. The van der Waals surface area contributed by atoms with Crippen molar-refractivity contribution >= 4 is 15.6 Å². The Hall–Kier alpha value is -2.24. The van der Waals surface area contributed by atoms with Crippen molar-refractivity contribution in [1.82, 2.24) is 19.4 Å². The minimum atomic E-state index is -5.63. The van der Waals surface area contributed by atoms with Crippen LogP contribution < -0.4 is 11.2 Å². The maximum absolute atomic E-state index is 12.5. The van der Waals surface area contributed by atoms with E-state index < -0.39 is 95.4 Å². The first-order valence-electron chi connectivity index (χ1n) is 18.2. The van der Waals surface area contributed by atoms with Gasteiger partial charge in [-0.05, 0) is 44.8 Å². The molecule has 0 bridgehead atoms. The Morgan fingerprint density at radius 1 is 0.732 bits per heavy atom. The maximum Gasteiger partial charge on any atom is 0.483 e. The number of aromatic amines is 1. The summed E-state index contributed by atoms with van der Waals surface area (Å²) < 4.78 is 48.9. The average molecular weight is 845 g/mol. The number of benzene rings is 1.